The number of fused-ring (bicyclic) bond motifs is 1. The van der Waals surface area contributed by atoms with E-state index in [2.05, 4.69) is 27.8 Å². The van der Waals surface area contributed by atoms with E-state index in [0.717, 1.165) is 40.9 Å². The van der Waals surface area contributed by atoms with Crippen LogP contribution in [0.5, 0.6) is 11.5 Å². The number of benzene rings is 2. The summed E-state index contributed by atoms with van der Waals surface area (Å²) in [4.78, 5) is 4.46. The highest BCUT2D eigenvalue weighted by atomic mass is 32.1. The Hall–Kier alpha value is -2.86. The molecule has 2 aromatic carbocycles. The number of nitrogens with one attached hydrogen (secondary N) is 2. The first kappa shape index (κ1) is 19.5. The summed E-state index contributed by atoms with van der Waals surface area (Å²) in [6.07, 6.45) is 6.22. The Bertz CT molecular complexity index is 1010. The number of methoxy groups -OCH3 is 2. The van der Waals surface area contributed by atoms with E-state index in [9.17, 15) is 0 Å². The van der Waals surface area contributed by atoms with E-state index in [1.54, 1.807) is 20.4 Å². The van der Waals surface area contributed by atoms with Crippen molar-refractivity contribution in [3.05, 3.63) is 60.3 Å². The molecule has 1 heterocycles. The number of aromatic nitrogens is 1. The Balaban J connectivity index is 1.59. The van der Waals surface area contributed by atoms with Gasteiger partial charge in [0.2, 0.25) is 0 Å². The lowest BCUT2D eigenvalue weighted by atomic mass is 9.88. The third-order valence-electron chi connectivity index (χ3n) is 5.65. The van der Waals surface area contributed by atoms with E-state index in [4.69, 9.17) is 21.7 Å². The normalized spacial score (nSPS) is 15.1. The lowest BCUT2D eigenvalue weighted by Gasteiger charge is -2.32. The third kappa shape index (κ3) is 3.85. The number of anilines is 1. The summed E-state index contributed by atoms with van der Waals surface area (Å²) in [5, 5.41) is 8.58. The zero-order valence-corrected chi connectivity index (χ0v) is 17.5. The molecule has 29 heavy (non-hydrogen) atoms. The summed E-state index contributed by atoms with van der Waals surface area (Å²) in [7, 11) is 3.34. The molecular weight excluding hydrogens is 382 g/mol. The van der Waals surface area contributed by atoms with Crippen LogP contribution in [-0.2, 0) is 5.54 Å². The number of hydrogen-bond donors (Lipinski definition) is 2. The van der Waals surface area contributed by atoms with E-state index in [1.165, 1.54) is 18.4 Å². The van der Waals surface area contributed by atoms with E-state index in [0.29, 0.717) is 5.11 Å². The lowest BCUT2D eigenvalue weighted by molar-refractivity contribution is 0.401. The fraction of sp³-hybridized carbons (Fsp3) is 0.304. The molecule has 6 heteroatoms. The van der Waals surface area contributed by atoms with Gasteiger partial charge in [-0.05, 0) is 67.0 Å². The van der Waals surface area contributed by atoms with Crippen molar-refractivity contribution in [3.8, 4) is 11.5 Å². The second-order valence-corrected chi connectivity index (χ2v) is 7.72. The Labute approximate surface area is 176 Å². The SMILES string of the molecule is COc1ccc(C2(NC(=S)Nc3ccc(OC)c4ncccc34)CCCC2)cc1. The van der Waals surface area contributed by atoms with Gasteiger partial charge in [0.15, 0.2) is 5.11 Å². The first-order chi connectivity index (χ1) is 14.1. The minimum atomic E-state index is -0.156. The molecule has 0 aliphatic heterocycles. The predicted octanol–water partition coefficient (Wildman–Crippen LogP) is 5.01. The molecule has 0 radical (unpaired) electrons. The molecule has 2 N–H and O–H groups in total. The molecule has 0 saturated heterocycles. The van der Waals surface area contributed by atoms with Crippen LogP contribution < -0.4 is 20.1 Å². The molecule has 0 amide bonds. The molecule has 1 fully saturated rings. The molecule has 0 spiro atoms. The van der Waals surface area contributed by atoms with Crippen molar-refractivity contribution in [2.45, 2.75) is 31.2 Å². The van der Waals surface area contributed by atoms with Crippen LogP contribution in [0.3, 0.4) is 0 Å². The van der Waals surface area contributed by atoms with Crippen LogP contribution in [-0.4, -0.2) is 24.3 Å². The van der Waals surface area contributed by atoms with Crippen molar-refractivity contribution in [1.82, 2.24) is 10.3 Å². The van der Waals surface area contributed by atoms with Crippen LogP contribution in [0.4, 0.5) is 5.69 Å². The molecule has 1 aliphatic rings. The van der Waals surface area contributed by atoms with Gasteiger partial charge in [-0.1, -0.05) is 25.0 Å². The molecule has 5 nitrogen and oxygen atoms in total. The average molecular weight is 408 g/mol. The summed E-state index contributed by atoms with van der Waals surface area (Å²) in [6, 6.07) is 16.1. The number of thiocarbonyl (C=S) groups is 1. The summed E-state index contributed by atoms with van der Waals surface area (Å²) >= 11 is 5.72. The Morgan fingerprint density at radius 1 is 1.00 bits per heavy atom. The van der Waals surface area contributed by atoms with Crippen molar-refractivity contribution in [2.75, 3.05) is 19.5 Å². The van der Waals surface area contributed by atoms with Crippen LogP contribution >= 0.6 is 12.2 Å². The van der Waals surface area contributed by atoms with Crippen molar-refractivity contribution in [3.63, 3.8) is 0 Å². The number of nitrogens with zero attached hydrogens (tertiary/aromatic N) is 1. The van der Waals surface area contributed by atoms with Crippen molar-refractivity contribution in [2.24, 2.45) is 0 Å². The highest BCUT2D eigenvalue weighted by Crippen LogP contribution is 2.39. The molecule has 0 atom stereocenters. The summed E-state index contributed by atoms with van der Waals surface area (Å²) in [5.74, 6) is 1.61. The molecule has 150 valence electrons. The summed E-state index contributed by atoms with van der Waals surface area (Å²) in [6.45, 7) is 0. The zero-order valence-electron chi connectivity index (χ0n) is 16.7. The van der Waals surface area contributed by atoms with Gasteiger partial charge in [-0.3, -0.25) is 4.98 Å². The summed E-state index contributed by atoms with van der Waals surface area (Å²) in [5.41, 5.74) is 2.81. The average Bonchev–Trinajstić information content (AvgIpc) is 3.23. The van der Waals surface area contributed by atoms with Gasteiger partial charge in [-0.25, -0.2) is 0 Å². The number of rotatable bonds is 5. The second-order valence-electron chi connectivity index (χ2n) is 7.31. The molecule has 4 rings (SSSR count). The third-order valence-corrected chi connectivity index (χ3v) is 5.86. The number of pyridine rings is 1. The summed E-state index contributed by atoms with van der Waals surface area (Å²) < 4.78 is 10.7. The van der Waals surface area contributed by atoms with Crippen molar-refractivity contribution >= 4 is 33.9 Å². The second kappa shape index (κ2) is 8.25. The van der Waals surface area contributed by atoms with Crippen LogP contribution in [0.1, 0.15) is 31.2 Å². The maximum atomic E-state index is 5.72. The van der Waals surface area contributed by atoms with Crippen molar-refractivity contribution < 1.29 is 9.47 Å². The van der Waals surface area contributed by atoms with E-state index in [1.807, 2.05) is 36.4 Å². The lowest BCUT2D eigenvalue weighted by Crippen LogP contribution is -2.45. The van der Waals surface area contributed by atoms with Gasteiger partial charge < -0.3 is 20.1 Å². The number of hydrogen-bond acceptors (Lipinski definition) is 4. The van der Waals surface area contributed by atoms with Gasteiger partial charge in [0.1, 0.15) is 17.0 Å². The maximum Gasteiger partial charge on any atom is 0.171 e. The molecule has 1 aliphatic carbocycles. The molecule has 0 unspecified atom stereocenters. The predicted molar refractivity (Wildman–Crippen MR) is 121 cm³/mol. The van der Waals surface area contributed by atoms with Gasteiger partial charge in [-0.15, -0.1) is 0 Å². The Morgan fingerprint density at radius 2 is 1.76 bits per heavy atom. The highest BCUT2D eigenvalue weighted by Gasteiger charge is 2.36. The van der Waals surface area contributed by atoms with Crippen LogP contribution in [0, 0.1) is 0 Å². The van der Waals surface area contributed by atoms with Gasteiger partial charge in [-0.2, -0.15) is 0 Å². The van der Waals surface area contributed by atoms with E-state index in [-0.39, 0.29) is 5.54 Å². The standard InChI is InChI=1S/C23H25N3O2S/c1-27-17-9-7-16(8-10-17)23(13-3-4-14-23)26-22(29)25-19-11-12-20(28-2)21-18(19)6-5-15-24-21/h5-12,15H,3-4,13-14H2,1-2H3,(H2,25,26,29). The van der Waals surface area contributed by atoms with Crippen LogP contribution in [0.15, 0.2) is 54.7 Å². The maximum absolute atomic E-state index is 5.72. The first-order valence-corrected chi connectivity index (χ1v) is 10.2. The van der Waals surface area contributed by atoms with Gasteiger partial charge >= 0.3 is 0 Å². The fourth-order valence-electron chi connectivity index (χ4n) is 4.17. The van der Waals surface area contributed by atoms with Gasteiger partial charge in [0.05, 0.1) is 19.8 Å². The van der Waals surface area contributed by atoms with Gasteiger partial charge in [0.25, 0.3) is 0 Å². The largest absolute Gasteiger partial charge is 0.497 e. The molecule has 1 aromatic heterocycles. The van der Waals surface area contributed by atoms with Crippen molar-refractivity contribution in [1.29, 1.82) is 0 Å². The van der Waals surface area contributed by atoms with Crippen LogP contribution in [0.2, 0.25) is 0 Å². The quantitative estimate of drug-likeness (QED) is 0.580. The Kier molecular flexibility index (Phi) is 5.53. The minimum Gasteiger partial charge on any atom is -0.497 e. The molecule has 0 bridgehead atoms. The first-order valence-electron chi connectivity index (χ1n) is 9.81. The molecular formula is C23H25N3O2S. The number of ether oxygens (including phenoxy) is 2. The minimum absolute atomic E-state index is 0.156. The van der Waals surface area contributed by atoms with E-state index < -0.39 is 0 Å². The monoisotopic (exact) mass is 407 g/mol. The smallest absolute Gasteiger partial charge is 0.171 e. The highest BCUT2D eigenvalue weighted by molar-refractivity contribution is 7.80. The fourth-order valence-corrected chi connectivity index (χ4v) is 4.47. The topological polar surface area (TPSA) is 55.4 Å². The molecule has 3 aromatic rings. The van der Waals surface area contributed by atoms with Crippen LogP contribution in [0.25, 0.3) is 10.9 Å². The Morgan fingerprint density at radius 3 is 2.45 bits per heavy atom. The van der Waals surface area contributed by atoms with Gasteiger partial charge in [0, 0.05) is 17.3 Å². The molecule has 1 saturated carbocycles. The zero-order chi connectivity index (χ0) is 20.3. The van der Waals surface area contributed by atoms with E-state index >= 15 is 0 Å².